The van der Waals surface area contributed by atoms with Crippen molar-refractivity contribution in [2.75, 3.05) is 13.7 Å². The summed E-state index contributed by atoms with van der Waals surface area (Å²) in [5.74, 6) is 0. The number of hydrogen-bond donors (Lipinski definition) is 1. The van der Waals surface area contributed by atoms with E-state index in [1.54, 1.807) is 7.11 Å². The van der Waals surface area contributed by atoms with Crippen LogP contribution in [0.5, 0.6) is 0 Å². The molecule has 2 heteroatoms. The zero-order valence-corrected chi connectivity index (χ0v) is 9.92. The maximum absolute atomic E-state index is 5.35. The zero-order valence-electron chi connectivity index (χ0n) is 9.92. The summed E-state index contributed by atoms with van der Waals surface area (Å²) in [6.45, 7) is 6.13. The quantitative estimate of drug-likeness (QED) is 0.724. The van der Waals surface area contributed by atoms with Gasteiger partial charge in [0.1, 0.15) is 0 Å². The van der Waals surface area contributed by atoms with Gasteiger partial charge in [0.25, 0.3) is 0 Å². The average Bonchev–Trinajstić information content (AvgIpc) is 2.26. The lowest BCUT2D eigenvalue weighted by molar-refractivity contribution is 0.0158. The first-order valence-electron chi connectivity index (χ1n) is 5.44. The van der Waals surface area contributed by atoms with Gasteiger partial charge in [-0.3, -0.25) is 0 Å². The van der Waals surface area contributed by atoms with Crippen LogP contribution in [0, 0.1) is 0 Å². The van der Waals surface area contributed by atoms with Gasteiger partial charge in [-0.25, -0.2) is 0 Å². The fourth-order valence-electron chi connectivity index (χ4n) is 1.32. The molecule has 0 amide bonds. The smallest absolute Gasteiger partial charge is 0.0634 e. The first-order chi connectivity index (χ1) is 7.14. The van der Waals surface area contributed by atoms with Gasteiger partial charge in [0.2, 0.25) is 0 Å². The Morgan fingerprint density at radius 3 is 2.47 bits per heavy atom. The number of methoxy groups -OCH3 is 1. The molecule has 0 bridgehead atoms. The molecule has 0 saturated heterocycles. The van der Waals surface area contributed by atoms with E-state index < -0.39 is 0 Å². The van der Waals surface area contributed by atoms with Crippen LogP contribution in [0.1, 0.15) is 25.8 Å². The van der Waals surface area contributed by atoms with Crippen molar-refractivity contribution in [1.29, 1.82) is 0 Å². The van der Waals surface area contributed by atoms with Gasteiger partial charge in [-0.15, -0.1) is 0 Å². The maximum atomic E-state index is 5.35. The van der Waals surface area contributed by atoms with Crippen molar-refractivity contribution < 1.29 is 4.74 Å². The van der Waals surface area contributed by atoms with Gasteiger partial charge in [-0.2, -0.15) is 0 Å². The molecule has 0 heterocycles. The summed E-state index contributed by atoms with van der Waals surface area (Å²) in [5.41, 5.74) is 1.30. The first-order valence-corrected chi connectivity index (χ1v) is 5.44. The van der Waals surface area contributed by atoms with Crippen molar-refractivity contribution in [1.82, 2.24) is 5.32 Å². The van der Waals surface area contributed by atoms with E-state index in [2.05, 4.69) is 43.4 Å². The molecular weight excluding hydrogens is 186 g/mol. The second-order valence-electron chi connectivity index (χ2n) is 4.38. The number of rotatable bonds is 6. The van der Waals surface area contributed by atoms with Crippen LogP contribution in [0.2, 0.25) is 0 Å². The number of hydrogen-bond acceptors (Lipinski definition) is 2. The highest BCUT2D eigenvalue weighted by Crippen LogP contribution is 2.11. The van der Waals surface area contributed by atoms with E-state index in [-0.39, 0.29) is 5.60 Å². The normalized spacial score (nSPS) is 11.7. The van der Waals surface area contributed by atoms with Gasteiger partial charge in [-0.1, -0.05) is 30.3 Å². The van der Waals surface area contributed by atoms with E-state index in [1.165, 1.54) is 5.56 Å². The molecule has 1 aromatic carbocycles. The summed E-state index contributed by atoms with van der Waals surface area (Å²) in [7, 11) is 1.76. The summed E-state index contributed by atoms with van der Waals surface area (Å²) in [6, 6.07) is 10.4. The minimum absolute atomic E-state index is 0.0241. The van der Waals surface area contributed by atoms with Crippen LogP contribution in [0.25, 0.3) is 0 Å². The van der Waals surface area contributed by atoms with Crippen LogP contribution in [-0.2, 0) is 11.3 Å². The Morgan fingerprint density at radius 1 is 1.20 bits per heavy atom. The number of benzene rings is 1. The summed E-state index contributed by atoms with van der Waals surface area (Å²) < 4.78 is 5.35. The lowest BCUT2D eigenvalue weighted by atomic mass is 10.1. The Balaban J connectivity index is 2.18. The van der Waals surface area contributed by atoms with Crippen molar-refractivity contribution >= 4 is 0 Å². The van der Waals surface area contributed by atoms with E-state index in [0.717, 1.165) is 19.5 Å². The lowest BCUT2D eigenvalue weighted by Gasteiger charge is -2.22. The van der Waals surface area contributed by atoms with Crippen molar-refractivity contribution in [3.63, 3.8) is 0 Å². The molecule has 0 saturated carbocycles. The highest BCUT2D eigenvalue weighted by Gasteiger charge is 2.14. The van der Waals surface area contributed by atoms with Crippen molar-refractivity contribution in [2.45, 2.75) is 32.4 Å². The first kappa shape index (κ1) is 12.2. The summed E-state index contributed by atoms with van der Waals surface area (Å²) in [5, 5.41) is 3.41. The Labute approximate surface area is 92.6 Å². The predicted molar refractivity (Wildman–Crippen MR) is 63.9 cm³/mol. The van der Waals surface area contributed by atoms with E-state index in [9.17, 15) is 0 Å². The third-order valence-corrected chi connectivity index (χ3v) is 2.63. The third-order valence-electron chi connectivity index (χ3n) is 2.63. The van der Waals surface area contributed by atoms with Crippen LogP contribution in [0.3, 0.4) is 0 Å². The highest BCUT2D eigenvalue weighted by molar-refractivity contribution is 5.14. The van der Waals surface area contributed by atoms with E-state index in [0.29, 0.717) is 0 Å². The van der Waals surface area contributed by atoms with Gasteiger partial charge in [-0.05, 0) is 32.4 Å². The topological polar surface area (TPSA) is 21.3 Å². The molecule has 1 rings (SSSR count). The minimum Gasteiger partial charge on any atom is -0.379 e. The van der Waals surface area contributed by atoms with Gasteiger partial charge in [0.05, 0.1) is 5.60 Å². The molecule has 0 radical (unpaired) electrons. The predicted octanol–water partition coefficient (Wildman–Crippen LogP) is 2.59. The summed E-state index contributed by atoms with van der Waals surface area (Å²) in [6.07, 6.45) is 1.02. The summed E-state index contributed by atoms with van der Waals surface area (Å²) >= 11 is 0. The van der Waals surface area contributed by atoms with Crippen LogP contribution in [0.15, 0.2) is 30.3 Å². The fraction of sp³-hybridized carbons (Fsp3) is 0.538. The molecule has 84 valence electrons. The van der Waals surface area contributed by atoms with E-state index in [4.69, 9.17) is 4.74 Å². The third kappa shape index (κ3) is 4.96. The Bertz CT molecular complexity index is 269. The molecule has 1 N–H and O–H groups in total. The molecule has 0 fully saturated rings. The molecule has 0 atom stereocenters. The van der Waals surface area contributed by atoms with Gasteiger partial charge in [0, 0.05) is 13.7 Å². The SMILES string of the molecule is COC(C)(C)CCNCc1ccccc1. The monoisotopic (exact) mass is 207 g/mol. The van der Waals surface area contributed by atoms with Crippen LogP contribution >= 0.6 is 0 Å². The largest absolute Gasteiger partial charge is 0.379 e. The van der Waals surface area contributed by atoms with Crippen LogP contribution < -0.4 is 5.32 Å². The molecule has 2 nitrogen and oxygen atoms in total. The number of ether oxygens (including phenoxy) is 1. The highest BCUT2D eigenvalue weighted by atomic mass is 16.5. The molecule has 0 unspecified atom stereocenters. The Hall–Kier alpha value is -0.860. The number of nitrogens with one attached hydrogen (secondary N) is 1. The fourth-order valence-corrected chi connectivity index (χ4v) is 1.32. The molecule has 0 aromatic heterocycles. The molecule has 0 spiro atoms. The van der Waals surface area contributed by atoms with Gasteiger partial charge < -0.3 is 10.1 Å². The molecule has 0 aliphatic rings. The summed E-state index contributed by atoms with van der Waals surface area (Å²) in [4.78, 5) is 0. The molecule has 15 heavy (non-hydrogen) atoms. The van der Waals surface area contributed by atoms with Crippen molar-refractivity contribution in [3.8, 4) is 0 Å². The Kier molecular flexibility index (Phi) is 4.79. The lowest BCUT2D eigenvalue weighted by Crippen LogP contribution is -2.28. The van der Waals surface area contributed by atoms with Gasteiger partial charge >= 0.3 is 0 Å². The van der Waals surface area contributed by atoms with E-state index in [1.807, 2.05) is 6.07 Å². The second kappa shape index (κ2) is 5.89. The van der Waals surface area contributed by atoms with Crippen molar-refractivity contribution in [2.24, 2.45) is 0 Å². The second-order valence-corrected chi connectivity index (χ2v) is 4.38. The Morgan fingerprint density at radius 2 is 1.87 bits per heavy atom. The van der Waals surface area contributed by atoms with Gasteiger partial charge in [0.15, 0.2) is 0 Å². The van der Waals surface area contributed by atoms with E-state index >= 15 is 0 Å². The van der Waals surface area contributed by atoms with Crippen LogP contribution in [-0.4, -0.2) is 19.3 Å². The molecular formula is C13H21NO. The van der Waals surface area contributed by atoms with Crippen molar-refractivity contribution in [3.05, 3.63) is 35.9 Å². The standard InChI is InChI=1S/C13H21NO/c1-13(2,15-3)9-10-14-11-12-7-5-4-6-8-12/h4-8,14H,9-11H2,1-3H3. The minimum atomic E-state index is -0.0241. The zero-order chi connectivity index (χ0) is 11.1. The molecule has 0 aliphatic heterocycles. The average molecular weight is 207 g/mol. The van der Waals surface area contributed by atoms with Crippen LogP contribution in [0.4, 0.5) is 0 Å². The molecule has 1 aromatic rings. The maximum Gasteiger partial charge on any atom is 0.0634 e. The molecule has 0 aliphatic carbocycles.